The molecule has 3 rings (SSSR count). The summed E-state index contributed by atoms with van der Waals surface area (Å²) in [6.07, 6.45) is 2.13. The predicted molar refractivity (Wildman–Crippen MR) is 106 cm³/mol. The van der Waals surface area contributed by atoms with Crippen molar-refractivity contribution in [1.82, 2.24) is 14.8 Å². The van der Waals surface area contributed by atoms with Crippen LogP contribution in [0.4, 0.5) is 0 Å². The molecule has 152 valence electrons. The Hall–Kier alpha value is -2.54. The van der Waals surface area contributed by atoms with Gasteiger partial charge in [0.15, 0.2) is 0 Å². The number of rotatable bonds is 7. The minimum Gasteiger partial charge on any atom is -0.481 e. The summed E-state index contributed by atoms with van der Waals surface area (Å²) in [6.45, 7) is 5.57. The van der Waals surface area contributed by atoms with Gasteiger partial charge >= 0.3 is 0 Å². The average molecular weight is 387 g/mol. The lowest BCUT2D eigenvalue weighted by atomic mass is 9.96. The zero-order valence-corrected chi connectivity index (χ0v) is 17.1. The molecule has 0 spiro atoms. The van der Waals surface area contributed by atoms with Crippen LogP contribution >= 0.6 is 0 Å². The predicted octanol–water partition coefficient (Wildman–Crippen LogP) is 2.98. The van der Waals surface area contributed by atoms with Crippen molar-refractivity contribution in [1.29, 1.82) is 0 Å². The number of pyridine rings is 1. The molecule has 2 aromatic heterocycles. The zero-order chi connectivity index (χ0) is 20.1. The Morgan fingerprint density at radius 2 is 1.96 bits per heavy atom. The third kappa shape index (κ3) is 4.84. The van der Waals surface area contributed by atoms with Crippen LogP contribution in [0.15, 0.2) is 28.7 Å². The van der Waals surface area contributed by atoms with Crippen LogP contribution < -0.4 is 9.47 Å². The first-order valence-electron chi connectivity index (χ1n) is 9.62. The van der Waals surface area contributed by atoms with E-state index < -0.39 is 0 Å². The Balaban J connectivity index is 1.52. The summed E-state index contributed by atoms with van der Waals surface area (Å²) in [6, 6.07) is 7.44. The molecular formula is C21H29N3O4. The number of methoxy groups -OCH3 is 2. The average Bonchev–Trinajstić information content (AvgIpc) is 3.12. The minimum atomic E-state index is -0.0829. The Morgan fingerprint density at radius 3 is 2.57 bits per heavy atom. The highest BCUT2D eigenvalue weighted by Crippen LogP contribution is 2.24. The van der Waals surface area contributed by atoms with E-state index in [4.69, 9.17) is 13.9 Å². The highest BCUT2D eigenvalue weighted by molar-refractivity contribution is 5.96. The maximum Gasteiger partial charge on any atom is 0.259 e. The summed E-state index contributed by atoms with van der Waals surface area (Å²) in [4.78, 5) is 21.2. The third-order valence-electron chi connectivity index (χ3n) is 5.23. The third-order valence-corrected chi connectivity index (χ3v) is 5.23. The van der Waals surface area contributed by atoms with Crippen molar-refractivity contribution in [2.24, 2.45) is 5.92 Å². The molecule has 0 aliphatic carbocycles. The fourth-order valence-electron chi connectivity index (χ4n) is 3.65. The van der Waals surface area contributed by atoms with Gasteiger partial charge in [-0.3, -0.25) is 9.69 Å². The second-order valence-corrected chi connectivity index (χ2v) is 7.33. The Bertz CT molecular complexity index is 797. The number of nitrogens with zero attached hydrogens (tertiary/aromatic N) is 3. The van der Waals surface area contributed by atoms with E-state index in [0.29, 0.717) is 23.2 Å². The van der Waals surface area contributed by atoms with Gasteiger partial charge in [-0.15, -0.1) is 0 Å². The van der Waals surface area contributed by atoms with Crippen LogP contribution in [-0.4, -0.2) is 61.6 Å². The summed E-state index contributed by atoms with van der Waals surface area (Å²) in [5, 5.41) is 0. The highest BCUT2D eigenvalue weighted by Gasteiger charge is 2.25. The van der Waals surface area contributed by atoms with Gasteiger partial charge in [0.1, 0.15) is 17.1 Å². The molecule has 2 aromatic rings. The highest BCUT2D eigenvalue weighted by atomic mass is 16.5. The van der Waals surface area contributed by atoms with E-state index >= 15 is 0 Å². The van der Waals surface area contributed by atoms with Gasteiger partial charge in [-0.05, 0) is 57.0 Å². The summed E-state index contributed by atoms with van der Waals surface area (Å²) in [5.74, 6) is 3.09. The van der Waals surface area contributed by atoms with Gasteiger partial charge < -0.3 is 18.8 Å². The van der Waals surface area contributed by atoms with Gasteiger partial charge in [-0.2, -0.15) is 4.98 Å². The van der Waals surface area contributed by atoms with Crippen LogP contribution in [0.3, 0.4) is 0 Å². The fourth-order valence-corrected chi connectivity index (χ4v) is 3.65. The molecule has 0 bridgehead atoms. The van der Waals surface area contributed by atoms with E-state index in [1.165, 1.54) is 14.2 Å². The molecule has 1 saturated heterocycles. The van der Waals surface area contributed by atoms with Crippen molar-refractivity contribution in [2.45, 2.75) is 26.3 Å². The molecule has 0 saturated carbocycles. The van der Waals surface area contributed by atoms with E-state index in [1.54, 1.807) is 17.0 Å². The topological polar surface area (TPSA) is 68.0 Å². The van der Waals surface area contributed by atoms with Crippen LogP contribution in [0.25, 0.3) is 0 Å². The number of hydrogen-bond donors (Lipinski definition) is 0. The van der Waals surface area contributed by atoms with Gasteiger partial charge in [0.2, 0.25) is 11.8 Å². The van der Waals surface area contributed by atoms with Crippen molar-refractivity contribution >= 4 is 5.91 Å². The molecule has 0 N–H and O–H groups in total. The molecule has 0 atom stereocenters. The summed E-state index contributed by atoms with van der Waals surface area (Å²) < 4.78 is 16.0. The van der Waals surface area contributed by atoms with E-state index in [9.17, 15) is 4.79 Å². The zero-order valence-electron chi connectivity index (χ0n) is 17.1. The first-order valence-corrected chi connectivity index (χ1v) is 9.62. The number of ether oxygens (including phenoxy) is 2. The number of carbonyl (C=O) groups is 1. The Kier molecular flexibility index (Phi) is 6.57. The number of aromatic nitrogens is 1. The number of likely N-dealkylation sites (tertiary alicyclic amines) is 1. The second kappa shape index (κ2) is 9.10. The lowest BCUT2D eigenvalue weighted by molar-refractivity contribution is 0.0731. The maximum atomic E-state index is 12.8. The molecule has 0 unspecified atom stereocenters. The van der Waals surface area contributed by atoms with Gasteiger partial charge in [0.25, 0.3) is 5.91 Å². The molecule has 1 fully saturated rings. The molecule has 1 amide bonds. The van der Waals surface area contributed by atoms with Crippen molar-refractivity contribution in [2.75, 3.05) is 40.9 Å². The molecule has 7 nitrogen and oxygen atoms in total. The largest absolute Gasteiger partial charge is 0.481 e. The molecule has 7 heteroatoms. The Labute approximate surface area is 166 Å². The molecule has 0 radical (unpaired) electrons. The fraction of sp³-hybridized carbons (Fsp3) is 0.524. The van der Waals surface area contributed by atoms with Crippen molar-refractivity contribution in [3.05, 3.63) is 41.3 Å². The van der Waals surface area contributed by atoms with Gasteiger partial charge in [-0.1, -0.05) is 0 Å². The number of hydrogen-bond acceptors (Lipinski definition) is 6. The van der Waals surface area contributed by atoms with Gasteiger partial charge in [-0.25, -0.2) is 0 Å². The van der Waals surface area contributed by atoms with Crippen LogP contribution in [0.1, 0.15) is 34.7 Å². The number of carbonyl (C=O) groups excluding carboxylic acids is 1. The number of furan rings is 1. The summed E-state index contributed by atoms with van der Waals surface area (Å²) in [5.41, 5.74) is 0.455. The monoisotopic (exact) mass is 387 g/mol. The lowest BCUT2D eigenvalue weighted by Crippen LogP contribution is -2.39. The van der Waals surface area contributed by atoms with Crippen LogP contribution in [-0.2, 0) is 6.54 Å². The second-order valence-electron chi connectivity index (χ2n) is 7.33. The molecule has 0 aromatic carbocycles. The van der Waals surface area contributed by atoms with E-state index in [2.05, 4.69) is 9.88 Å². The number of aryl methyl sites for hydroxylation is 1. The standard InChI is InChI=1S/C21H29N3O4/c1-15-5-6-17(28-15)14-24-11-9-16(10-12-24)13-23(2)21(25)18-7-8-19(26-3)22-20(18)27-4/h5-8,16H,9-14H2,1-4H3. The molecule has 3 heterocycles. The summed E-state index contributed by atoms with van der Waals surface area (Å²) in [7, 11) is 4.88. The van der Waals surface area contributed by atoms with Crippen LogP contribution in [0.5, 0.6) is 11.8 Å². The maximum absolute atomic E-state index is 12.8. The smallest absolute Gasteiger partial charge is 0.259 e. The first-order chi connectivity index (χ1) is 13.5. The van der Waals surface area contributed by atoms with Crippen LogP contribution in [0, 0.1) is 12.8 Å². The SMILES string of the molecule is COc1ccc(C(=O)N(C)CC2CCN(Cc3ccc(C)o3)CC2)c(OC)n1. The molecular weight excluding hydrogens is 358 g/mol. The van der Waals surface area contributed by atoms with Crippen molar-refractivity contribution in [3.8, 4) is 11.8 Å². The number of piperidine rings is 1. The van der Waals surface area contributed by atoms with E-state index in [-0.39, 0.29) is 5.91 Å². The van der Waals surface area contributed by atoms with Gasteiger partial charge in [0.05, 0.1) is 20.8 Å². The lowest BCUT2D eigenvalue weighted by Gasteiger charge is -2.33. The van der Waals surface area contributed by atoms with Crippen molar-refractivity contribution in [3.63, 3.8) is 0 Å². The minimum absolute atomic E-state index is 0.0829. The first kappa shape index (κ1) is 20.2. The molecule has 1 aliphatic heterocycles. The number of amides is 1. The summed E-state index contributed by atoms with van der Waals surface area (Å²) >= 11 is 0. The Morgan fingerprint density at radius 1 is 1.21 bits per heavy atom. The van der Waals surface area contributed by atoms with Crippen LogP contribution in [0.2, 0.25) is 0 Å². The van der Waals surface area contributed by atoms with E-state index in [1.807, 2.05) is 26.1 Å². The van der Waals surface area contributed by atoms with Gasteiger partial charge in [0, 0.05) is 19.7 Å². The molecule has 28 heavy (non-hydrogen) atoms. The normalized spacial score (nSPS) is 15.4. The van der Waals surface area contributed by atoms with E-state index in [0.717, 1.165) is 50.5 Å². The quantitative estimate of drug-likeness (QED) is 0.728. The molecule has 1 aliphatic rings. The van der Waals surface area contributed by atoms with Crippen molar-refractivity contribution < 1.29 is 18.7 Å².